The Morgan fingerprint density at radius 2 is 1.77 bits per heavy atom. The summed E-state index contributed by atoms with van der Waals surface area (Å²) in [6.07, 6.45) is -1.65. The molecule has 0 radical (unpaired) electrons. The quantitative estimate of drug-likeness (QED) is 0.353. The number of aromatic nitrogens is 2. The number of fused-ring (bicyclic) bond motifs is 1. The minimum absolute atomic E-state index is 0. The normalized spacial score (nSPS) is 16.6. The average Bonchev–Trinajstić information content (AvgIpc) is 3.07. The number of nitrogens with one attached hydrogen (secondary N) is 1. The van der Waals surface area contributed by atoms with Crippen molar-refractivity contribution in [2.45, 2.75) is 38.7 Å². The van der Waals surface area contributed by atoms with Crippen LogP contribution in [0, 0.1) is 0 Å². The summed E-state index contributed by atoms with van der Waals surface area (Å²) < 4.78 is 36.8. The Kier molecular flexibility index (Phi) is 12.0. The van der Waals surface area contributed by atoms with Gasteiger partial charge in [0.25, 0.3) is 5.92 Å². The standard InChI is InChI=1S/C22H25F2N5O4.CH2O3.2Na/c1-21(2,3)33-20(32)28-9-7-15(22(23,24)12-28)13-5-6-14-16(11-13)27(4)26-18(14)29-10-8-17(30)25-19(29)31;2-1(3)4;;/h5-7,11H,8-10,12H2,1-4H3,(H,25,30,31);(H2,2,3,4);;/q;;2*+1/p-2. The van der Waals surface area contributed by atoms with Gasteiger partial charge in [0, 0.05) is 37.5 Å². The minimum Gasteiger partial charge on any atom is -0.652 e. The smallest absolute Gasteiger partial charge is 0.652 e. The van der Waals surface area contributed by atoms with Crippen LogP contribution < -0.4 is 79.5 Å². The van der Waals surface area contributed by atoms with E-state index in [4.69, 9.17) is 19.7 Å². The molecule has 0 aliphatic carbocycles. The molecule has 2 aliphatic rings. The first-order valence-corrected chi connectivity index (χ1v) is 11.1. The van der Waals surface area contributed by atoms with Gasteiger partial charge in [0.05, 0.1) is 12.1 Å². The molecule has 2 aliphatic heterocycles. The second-order valence-electron chi connectivity index (χ2n) is 9.37. The van der Waals surface area contributed by atoms with Gasteiger partial charge in [-0.15, -0.1) is 0 Å². The Bertz CT molecular complexity index is 1290. The predicted molar refractivity (Wildman–Crippen MR) is 122 cm³/mol. The van der Waals surface area contributed by atoms with Crippen LogP contribution in [0.2, 0.25) is 0 Å². The van der Waals surface area contributed by atoms with Gasteiger partial charge in [-0.05, 0) is 44.6 Å². The van der Waals surface area contributed by atoms with E-state index in [0.29, 0.717) is 22.3 Å². The molecular formula is C23H25F2N5Na2O7. The number of nitrogens with zero attached hydrogens (tertiary/aromatic N) is 4. The van der Waals surface area contributed by atoms with Gasteiger partial charge in [0.1, 0.15) is 5.60 Å². The fourth-order valence-electron chi connectivity index (χ4n) is 3.91. The summed E-state index contributed by atoms with van der Waals surface area (Å²) >= 11 is 0. The fraction of sp³-hybridized carbons (Fsp3) is 0.435. The van der Waals surface area contributed by atoms with Crippen molar-refractivity contribution in [1.82, 2.24) is 20.0 Å². The van der Waals surface area contributed by atoms with Crippen molar-refractivity contribution in [1.29, 1.82) is 0 Å². The number of alkyl halides is 2. The average molecular weight is 567 g/mol. The number of aryl methyl sites for hydroxylation is 1. The third-order valence-corrected chi connectivity index (χ3v) is 5.40. The maximum Gasteiger partial charge on any atom is 1.00 e. The summed E-state index contributed by atoms with van der Waals surface area (Å²) in [7, 11) is 1.65. The summed E-state index contributed by atoms with van der Waals surface area (Å²) in [5.74, 6) is -3.28. The van der Waals surface area contributed by atoms with E-state index >= 15 is 8.78 Å². The number of halogens is 2. The van der Waals surface area contributed by atoms with Crippen molar-refractivity contribution in [3.8, 4) is 0 Å². The molecule has 1 N–H and O–H groups in total. The number of ether oxygens (including phenoxy) is 1. The third-order valence-electron chi connectivity index (χ3n) is 5.40. The zero-order valence-electron chi connectivity index (χ0n) is 22.5. The van der Waals surface area contributed by atoms with Gasteiger partial charge in [-0.25, -0.2) is 9.59 Å². The second kappa shape index (κ2) is 13.4. The van der Waals surface area contributed by atoms with Crippen molar-refractivity contribution < 1.29 is 102 Å². The number of carbonyl (C=O) groups is 4. The van der Waals surface area contributed by atoms with Crippen molar-refractivity contribution in [2.24, 2.45) is 7.05 Å². The SMILES string of the molecule is Cn1nc(N2CCC(=O)NC2=O)c2ccc(C3=CCN(C(=O)OC(C)(C)C)CC3(F)F)cc21.O=C([O-])[O-].[Na+].[Na+]. The zero-order chi connectivity index (χ0) is 27.7. The molecule has 1 saturated heterocycles. The molecule has 200 valence electrons. The Morgan fingerprint density at radius 3 is 2.31 bits per heavy atom. The number of urea groups is 1. The van der Waals surface area contributed by atoms with Crippen LogP contribution >= 0.6 is 0 Å². The molecule has 1 fully saturated rings. The number of hydrogen-bond donors (Lipinski definition) is 1. The molecule has 12 nitrogen and oxygen atoms in total. The molecule has 0 unspecified atom stereocenters. The molecule has 3 heterocycles. The van der Waals surface area contributed by atoms with Gasteiger partial charge in [0.2, 0.25) is 5.91 Å². The number of carboxylic acid groups (broad SMARTS) is 2. The van der Waals surface area contributed by atoms with E-state index in [2.05, 4.69) is 10.4 Å². The van der Waals surface area contributed by atoms with E-state index < -0.39 is 36.3 Å². The van der Waals surface area contributed by atoms with E-state index in [0.717, 1.165) is 4.90 Å². The van der Waals surface area contributed by atoms with Crippen molar-refractivity contribution in [2.75, 3.05) is 24.5 Å². The van der Waals surface area contributed by atoms with Crippen LogP contribution in [0.5, 0.6) is 0 Å². The molecule has 39 heavy (non-hydrogen) atoms. The summed E-state index contributed by atoms with van der Waals surface area (Å²) in [5.41, 5.74) is -0.118. The molecule has 0 saturated carbocycles. The van der Waals surface area contributed by atoms with Crippen LogP contribution in [-0.4, -0.2) is 70.0 Å². The molecule has 1 aromatic heterocycles. The third kappa shape index (κ3) is 8.63. The van der Waals surface area contributed by atoms with Crippen LogP contribution in [0.25, 0.3) is 16.5 Å². The van der Waals surface area contributed by atoms with E-state index in [1.807, 2.05) is 0 Å². The zero-order valence-corrected chi connectivity index (χ0v) is 26.5. The summed E-state index contributed by atoms with van der Waals surface area (Å²) in [6, 6.07) is 4.19. The number of rotatable bonds is 2. The second-order valence-corrected chi connectivity index (χ2v) is 9.37. The van der Waals surface area contributed by atoms with Gasteiger partial charge < -0.3 is 19.7 Å². The Balaban J connectivity index is 0.00000119. The molecule has 0 bridgehead atoms. The molecule has 1 aromatic carbocycles. The molecular weight excluding hydrogens is 542 g/mol. The maximum absolute atomic E-state index is 15.0. The molecule has 16 heteroatoms. The number of carbonyl (C=O) groups excluding carboxylic acids is 4. The van der Waals surface area contributed by atoms with Crippen molar-refractivity contribution in [3.63, 3.8) is 0 Å². The topological polar surface area (TPSA) is 160 Å². The predicted octanol–water partition coefficient (Wildman–Crippen LogP) is -5.15. The van der Waals surface area contributed by atoms with Crippen LogP contribution in [-0.2, 0) is 16.6 Å². The van der Waals surface area contributed by atoms with Crippen LogP contribution in [0.1, 0.15) is 32.8 Å². The van der Waals surface area contributed by atoms with Gasteiger partial charge in [-0.3, -0.25) is 24.6 Å². The van der Waals surface area contributed by atoms with Gasteiger partial charge in [-0.2, -0.15) is 13.9 Å². The van der Waals surface area contributed by atoms with Crippen LogP contribution in [0.4, 0.5) is 29.0 Å². The first-order chi connectivity index (χ1) is 17.1. The summed E-state index contributed by atoms with van der Waals surface area (Å²) in [6.45, 7) is 4.42. The molecule has 0 spiro atoms. The Labute approximate surface area is 266 Å². The summed E-state index contributed by atoms with van der Waals surface area (Å²) in [5, 5.41) is 23.9. The van der Waals surface area contributed by atoms with E-state index in [1.54, 1.807) is 46.0 Å². The molecule has 0 atom stereocenters. The van der Waals surface area contributed by atoms with E-state index in [1.165, 1.54) is 15.7 Å². The van der Waals surface area contributed by atoms with Gasteiger partial charge in [0.15, 0.2) is 5.82 Å². The Morgan fingerprint density at radius 1 is 1.15 bits per heavy atom. The van der Waals surface area contributed by atoms with E-state index in [9.17, 15) is 14.4 Å². The van der Waals surface area contributed by atoms with Crippen LogP contribution in [0.3, 0.4) is 0 Å². The first kappa shape index (κ1) is 34.8. The monoisotopic (exact) mass is 567 g/mol. The fourth-order valence-corrected chi connectivity index (χ4v) is 3.91. The number of hydrogen-bond acceptors (Lipinski definition) is 8. The largest absolute Gasteiger partial charge is 1.00 e. The molecule has 2 aromatic rings. The number of amides is 4. The summed E-state index contributed by atoms with van der Waals surface area (Å²) in [4.78, 5) is 46.6. The Hall–Kier alpha value is -2.23. The van der Waals surface area contributed by atoms with Gasteiger partial charge >= 0.3 is 71.2 Å². The maximum atomic E-state index is 15.0. The minimum atomic E-state index is -3.28. The number of benzene rings is 1. The van der Waals surface area contributed by atoms with Gasteiger partial charge in [-0.1, -0.05) is 12.1 Å². The molecule has 4 rings (SSSR count). The van der Waals surface area contributed by atoms with E-state index in [-0.39, 0.29) is 90.1 Å². The molecule has 4 amide bonds. The van der Waals surface area contributed by atoms with Crippen molar-refractivity contribution in [3.05, 3.63) is 29.8 Å². The first-order valence-electron chi connectivity index (χ1n) is 11.1. The number of anilines is 1. The van der Waals surface area contributed by atoms with Crippen molar-refractivity contribution >= 4 is 46.5 Å². The van der Waals surface area contributed by atoms with Crippen LogP contribution in [0.15, 0.2) is 24.3 Å². The number of imide groups is 1.